The van der Waals surface area contributed by atoms with Gasteiger partial charge in [-0.25, -0.2) is 4.79 Å². The molecule has 9 nitrogen and oxygen atoms in total. The van der Waals surface area contributed by atoms with Crippen molar-refractivity contribution in [3.8, 4) is 5.75 Å². The Hall–Kier alpha value is -3.75. The Balaban J connectivity index is 1.23. The molecule has 2 amide bonds. The fourth-order valence-electron chi connectivity index (χ4n) is 3.65. The Morgan fingerprint density at radius 3 is 2.44 bits per heavy atom. The second-order valence-corrected chi connectivity index (χ2v) is 7.77. The lowest BCUT2D eigenvalue weighted by Gasteiger charge is -2.30. The van der Waals surface area contributed by atoms with Gasteiger partial charge in [0.2, 0.25) is 0 Å². The van der Waals surface area contributed by atoms with Gasteiger partial charge in [0.25, 0.3) is 5.91 Å². The molecule has 4 rings (SSSR count). The highest BCUT2D eigenvalue weighted by Gasteiger charge is 2.23. The average molecular weight is 438 g/mol. The lowest BCUT2D eigenvalue weighted by molar-refractivity contribution is 0.0895. The molecule has 2 aliphatic heterocycles. The molecule has 0 aromatic heterocycles. The van der Waals surface area contributed by atoms with Crippen LogP contribution in [0.25, 0.3) is 0 Å². The maximum atomic E-state index is 12.5. The molecule has 2 heterocycles. The van der Waals surface area contributed by atoms with Crippen LogP contribution in [0.1, 0.15) is 28.8 Å². The van der Waals surface area contributed by atoms with Crippen molar-refractivity contribution >= 4 is 23.6 Å². The van der Waals surface area contributed by atoms with Gasteiger partial charge >= 0.3 is 6.09 Å². The summed E-state index contributed by atoms with van der Waals surface area (Å²) in [5.74, 6) is 1.31. The Morgan fingerprint density at radius 1 is 1.09 bits per heavy atom. The number of hydrogen-bond acceptors (Lipinski definition) is 6. The van der Waals surface area contributed by atoms with Gasteiger partial charge in [-0.1, -0.05) is 12.1 Å². The lowest BCUT2D eigenvalue weighted by Crippen LogP contribution is -2.41. The van der Waals surface area contributed by atoms with Crippen LogP contribution in [0.3, 0.4) is 0 Å². The second-order valence-electron chi connectivity index (χ2n) is 7.77. The number of rotatable bonds is 6. The molecule has 0 spiro atoms. The number of nitrogens with zero attached hydrogens (tertiary/aromatic N) is 2. The molecule has 9 heteroatoms. The first-order chi connectivity index (χ1) is 15.6. The van der Waals surface area contributed by atoms with E-state index in [0.717, 1.165) is 30.3 Å². The van der Waals surface area contributed by atoms with Crippen LogP contribution < -0.4 is 20.7 Å². The number of carboxylic acid groups (broad SMARTS) is 1. The van der Waals surface area contributed by atoms with Crippen LogP contribution in [-0.4, -0.2) is 60.2 Å². The number of carbonyl (C=O) groups excluding carboxylic acids is 1. The topological polar surface area (TPSA) is 115 Å². The third-order valence-corrected chi connectivity index (χ3v) is 5.48. The monoisotopic (exact) mass is 437 g/mol. The van der Waals surface area contributed by atoms with E-state index in [9.17, 15) is 9.59 Å². The largest absolute Gasteiger partial charge is 0.490 e. The second kappa shape index (κ2) is 10.0. The van der Waals surface area contributed by atoms with Crippen LogP contribution in [0.5, 0.6) is 5.75 Å². The van der Waals surface area contributed by atoms with Gasteiger partial charge in [0.05, 0.1) is 6.54 Å². The minimum Gasteiger partial charge on any atom is -0.490 e. The summed E-state index contributed by atoms with van der Waals surface area (Å²) >= 11 is 0. The third kappa shape index (κ3) is 5.69. The van der Waals surface area contributed by atoms with E-state index < -0.39 is 6.09 Å². The van der Waals surface area contributed by atoms with Crippen molar-refractivity contribution < 1.29 is 19.4 Å². The minimum atomic E-state index is -0.886. The Kier molecular flexibility index (Phi) is 6.74. The zero-order chi connectivity index (χ0) is 22.3. The minimum absolute atomic E-state index is 0.0146. The van der Waals surface area contributed by atoms with E-state index in [1.807, 2.05) is 24.3 Å². The summed E-state index contributed by atoms with van der Waals surface area (Å²) in [6, 6.07) is 14.9. The van der Waals surface area contributed by atoms with Crippen molar-refractivity contribution in [2.45, 2.75) is 25.5 Å². The van der Waals surface area contributed by atoms with Crippen molar-refractivity contribution in [1.29, 1.82) is 0 Å². The fraction of sp³-hybridized carbons (Fsp3) is 0.348. The van der Waals surface area contributed by atoms with Gasteiger partial charge in [-0.3, -0.25) is 9.79 Å². The van der Waals surface area contributed by atoms with E-state index in [4.69, 9.17) is 9.84 Å². The first-order valence-corrected chi connectivity index (χ1v) is 10.7. The van der Waals surface area contributed by atoms with Crippen molar-refractivity contribution in [3.05, 3.63) is 59.7 Å². The highest BCUT2D eigenvalue weighted by molar-refractivity contribution is 5.95. The number of ether oxygens (including phenoxy) is 1. The summed E-state index contributed by atoms with van der Waals surface area (Å²) in [7, 11) is 0. The van der Waals surface area contributed by atoms with Gasteiger partial charge in [-0.2, -0.15) is 0 Å². The first-order valence-electron chi connectivity index (χ1n) is 10.7. The zero-order valence-electron chi connectivity index (χ0n) is 17.7. The van der Waals surface area contributed by atoms with Gasteiger partial charge in [0, 0.05) is 50.3 Å². The summed E-state index contributed by atoms with van der Waals surface area (Å²) in [5.41, 5.74) is 2.50. The summed E-state index contributed by atoms with van der Waals surface area (Å²) in [4.78, 5) is 29.1. The molecular formula is C23H27N5O4. The van der Waals surface area contributed by atoms with Gasteiger partial charge in [0.1, 0.15) is 11.9 Å². The maximum Gasteiger partial charge on any atom is 0.407 e. The lowest BCUT2D eigenvalue weighted by atomic mass is 10.1. The average Bonchev–Trinajstić information content (AvgIpc) is 3.32. The van der Waals surface area contributed by atoms with Crippen LogP contribution in [0.2, 0.25) is 0 Å². The molecular weight excluding hydrogens is 410 g/mol. The van der Waals surface area contributed by atoms with Gasteiger partial charge in [0.15, 0.2) is 5.96 Å². The molecule has 0 bridgehead atoms. The fourth-order valence-corrected chi connectivity index (χ4v) is 3.65. The summed E-state index contributed by atoms with van der Waals surface area (Å²) in [6.07, 6.45) is 0.419. The summed E-state index contributed by atoms with van der Waals surface area (Å²) in [6.45, 7) is 3.02. The molecule has 0 atom stereocenters. The van der Waals surface area contributed by atoms with Crippen LogP contribution in [-0.2, 0) is 6.54 Å². The molecule has 32 heavy (non-hydrogen) atoms. The molecule has 2 aromatic carbocycles. The highest BCUT2D eigenvalue weighted by atomic mass is 16.5. The molecule has 4 N–H and O–H groups in total. The standard InChI is InChI=1S/C23H27N5O4/c29-21(26-15-16-1-5-18(6-2-16)27-22-24-11-12-25-22)17-3-7-19(8-4-17)32-20-9-13-28(14-10-20)23(30)31/h1-8,20H,9-15H2,(H,26,29)(H,30,31)(H2,24,25,27). The molecule has 2 aromatic rings. The molecule has 1 fully saturated rings. The Bertz CT molecular complexity index is 967. The molecule has 0 radical (unpaired) electrons. The van der Waals surface area contributed by atoms with E-state index in [1.165, 1.54) is 4.90 Å². The van der Waals surface area contributed by atoms with E-state index in [2.05, 4.69) is 20.9 Å². The summed E-state index contributed by atoms with van der Waals surface area (Å²) < 4.78 is 5.94. The number of benzene rings is 2. The Labute approximate surface area is 186 Å². The van der Waals surface area contributed by atoms with Gasteiger partial charge in [-0.15, -0.1) is 0 Å². The number of carbonyl (C=O) groups is 2. The molecule has 1 saturated heterocycles. The van der Waals surface area contributed by atoms with E-state index in [0.29, 0.717) is 43.8 Å². The van der Waals surface area contributed by atoms with Crippen LogP contribution in [0, 0.1) is 0 Å². The quantitative estimate of drug-likeness (QED) is 0.552. The first kappa shape index (κ1) is 21.5. The maximum absolute atomic E-state index is 12.5. The van der Waals surface area contributed by atoms with E-state index in [-0.39, 0.29) is 12.0 Å². The molecule has 0 unspecified atom stereocenters. The number of nitrogens with one attached hydrogen (secondary N) is 3. The van der Waals surface area contributed by atoms with E-state index in [1.54, 1.807) is 24.3 Å². The zero-order valence-corrected chi connectivity index (χ0v) is 17.7. The number of likely N-dealkylation sites (tertiary alicyclic amines) is 1. The molecule has 0 saturated carbocycles. The van der Waals surface area contributed by atoms with E-state index >= 15 is 0 Å². The number of guanidine groups is 1. The van der Waals surface area contributed by atoms with Crippen LogP contribution in [0.4, 0.5) is 10.5 Å². The number of aliphatic imine (C=N–C) groups is 1. The van der Waals surface area contributed by atoms with Crippen molar-refractivity contribution in [2.75, 3.05) is 31.5 Å². The van der Waals surface area contributed by atoms with Crippen LogP contribution in [0.15, 0.2) is 53.5 Å². The van der Waals surface area contributed by atoms with Gasteiger partial charge < -0.3 is 30.7 Å². The Morgan fingerprint density at radius 2 is 1.81 bits per heavy atom. The number of anilines is 1. The highest BCUT2D eigenvalue weighted by Crippen LogP contribution is 2.20. The van der Waals surface area contributed by atoms with Crippen LogP contribution >= 0.6 is 0 Å². The molecule has 0 aliphatic carbocycles. The normalized spacial score (nSPS) is 16.1. The van der Waals surface area contributed by atoms with Gasteiger partial charge in [-0.05, 0) is 42.0 Å². The number of hydrogen-bond donors (Lipinski definition) is 4. The van der Waals surface area contributed by atoms with Crippen molar-refractivity contribution in [3.63, 3.8) is 0 Å². The van der Waals surface area contributed by atoms with Crippen molar-refractivity contribution in [2.24, 2.45) is 4.99 Å². The summed E-state index contributed by atoms with van der Waals surface area (Å²) in [5, 5.41) is 18.3. The third-order valence-electron chi connectivity index (χ3n) is 5.48. The molecule has 2 aliphatic rings. The van der Waals surface area contributed by atoms with Crippen molar-refractivity contribution in [1.82, 2.24) is 15.5 Å². The predicted molar refractivity (Wildman–Crippen MR) is 121 cm³/mol. The smallest absolute Gasteiger partial charge is 0.407 e. The predicted octanol–water partition coefficient (Wildman–Crippen LogP) is 2.51. The number of amides is 2. The SMILES string of the molecule is O=C(NCc1ccc(NC2=NCCN2)cc1)c1ccc(OC2CCN(C(=O)O)CC2)cc1. The number of piperidine rings is 1. The molecule has 168 valence electrons.